The van der Waals surface area contributed by atoms with Gasteiger partial charge in [0.05, 0.1) is 0 Å². The van der Waals surface area contributed by atoms with Crippen LogP contribution in [0.1, 0.15) is 11.1 Å². The van der Waals surface area contributed by atoms with Crippen LogP contribution in [0.5, 0.6) is 0 Å². The van der Waals surface area contributed by atoms with Crippen LogP contribution in [0.4, 0.5) is 4.39 Å². The van der Waals surface area contributed by atoms with Gasteiger partial charge < -0.3 is 0 Å². The fraction of sp³-hybridized carbons (Fsp3) is 0.143. The number of hydrogen-bond acceptors (Lipinski definition) is 1. The Morgan fingerprint density at radius 1 is 1.06 bits per heavy atom. The third-order valence-electron chi connectivity index (χ3n) is 2.31. The number of benzene rings is 2. The Labute approximate surface area is 99.5 Å². The lowest BCUT2D eigenvalue weighted by Crippen LogP contribution is -1.84. The van der Waals surface area contributed by atoms with Gasteiger partial charge >= 0.3 is 0 Å². The monoisotopic (exact) mass is 232 g/mol. The van der Waals surface area contributed by atoms with E-state index in [1.54, 1.807) is 6.07 Å². The first-order valence-corrected chi connectivity index (χ1v) is 6.17. The quantitative estimate of drug-likeness (QED) is 0.706. The molecule has 16 heavy (non-hydrogen) atoms. The van der Waals surface area contributed by atoms with Crippen molar-refractivity contribution < 1.29 is 4.39 Å². The highest BCUT2D eigenvalue weighted by Crippen LogP contribution is 2.25. The summed E-state index contributed by atoms with van der Waals surface area (Å²) < 4.78 is 13.4. The van der Waals surface area contributed by atoms with Gasteiger partial charge in [-0.1, -0.05) is 42.0 Å². The molecule has 0 heterocycles. The van der Waals surface area contributed by atoms with Crippen LogP contribution in [0.15, 0.2) is 53.4 Å². The van der Waals surface area contributed by atoms with Gasteiger partial charge in [-0.05, 0) is 24.6 Å². The largest absolute Gasteiger partial charge is 0.206 e. The zero-order chi connectivity index (χ0) is 11.4. The van der Waals surface area contributed by atoms with Gasteiger partial charge in [-0.25, -0.2) is 4.39 Å². The van der Waals surface area contributed by atoms with E-state index in [2.05, 4.69) is 25.1 Å². The third-order valence-corrected chi connectivity index (χ3v) is 3.43. The van der Waals surface area contributed by atoms with Crippen molar-refractivity contribution in [2.24, 2.45) is 0 Å². The van der Waals surface area contributed by atoms with Crippen molar-refractivity contribution in [1.82, 2.24) is 0 Å². The summed E-state index contributed by atoms with van der Waals surface area (Å²) in [5, 5.41) is 0. The van der Waals surface area contributed by atoms with E-state index in [9.17, 15) is 4.39 Å². The van der Waals surface area contributed by atoms with E-state index in [0.29, 0.717) is 4.90 Å². The van der Waals surface area contributed by atoms with Crippen LogP contribution < -0.4 is 0 Å². The Morgan fingerprint density at radius 3 is 2.62 bits per heavy atom. The summed E-state index contributed by atoms with van der Waals surface area (Å²) in [4.78, 5) is 0.712. The fourth-order valence-electron chi connectivity index (χ4n) is 1.52. The first-order chi connectivity index (χ1) is 7.75. The second kappa shape index (κ2) is 5.17. The molecular weight excluding hydrogens is 219 g/mol. The Morgan fingerprint density at radius 2 is 1.88 bits per heavy atom. The van der Waals surface area contributed by atoms with Crippen molar-refractivity contribution in [2.45, 2.75) is 17.6 Å². The zero-order valence-corrected chi connectivity index (χ0v) is 9.93. The van der Waals surface area contributed by atoms with E-state index in [0.717, 1.165) is 5.75 Å². The smallest absolute Gasteiger partial charge is 0.136 e. The maximum atomic E-state index is 13.4. The summed E-state index contributed by atoms with van der Waals surface area (Å²) in [5.74, 6) is 0.669. The van der Waals surface area contributed by atoms with E-state index in [-0.39, 0.29) is 5.82 Å². The fourth-order valence-corrected chi connectivity index (χ4v) is 2.41. The van der Waals surface area contributed by atoms with E-state index in [4.69, 9.17) is 0 Å². The number of rotatable bonds is 3. The molecular formula is C14H13FS. The molecule has 0 saturated carbocycles. The highest BCUT2D eigenvalue weighted by molar-refractivity contribution is 7.98. The molecule has 0 unspecified atom stereocenters. The first kappa shape index (κ1) is 11.2. The molecule has 0 fully saturated rings. The van der Waals surface area contributed by atoms with Crippen molar-refractivity contribution in [3.8, 4) is 0 Å². The maximum Gasteiger partial charge on any atom is 0.136 e. The minimum Gasteiger partial charge on any atom is -0.206 e. The Hall–Kier alpha value is -1.28. The minimum absolute atomic E-state index is 0.139. The lowest BCUT2D eigenvalue weighted by molar-refractivity contribution is 0.602. The normalized spacial score (nSPS) is 10.4. The van der Waals surface area contributed by atoms with Gasteiger partial charge in [0.25, 0.3) is 0 Å². The minimum atomic E-state index is -0.139. The van der Waals surface area contributed by atoms with Crippen LogP contribution in [0.25, 0.3) is 0 Å². The van der Waals surface area contributed by atoms with Gasteiger partial charge in [-0.15, -0.1) is 11.8 Å². The molecule has 2 heteroatoms. The molecule has 0 aliphatic heterocycles. The van der Waals surface area contributed by atoms with Gasteiger partial charge in [0.1, 0.15) is 5.82 Å². The number of thioether (sulfide) groups is 1. The molecule has 0 spiro atoms. The molecule has 0 bridgehead atoms. The molecule has 0 saturated heterocycles. The predicted octanol–water partition coefficient (Wildman–Crippen LogP) is 4.43. The van der Waals surface area contributed by atoms with E-state index in [1.165, 1.54) is 29.0 Å². The van der Waals surface area contributed by atoms with Crippen molar-refractivity contribution in [3.63, 3.8) is 0 Å². The molecule has 0 atom stereocenters. The van der Waals surface area contributed by atoms with Gasteiger partial charge in [0.15, 0.2) is 0 Å². The summed E-state index contributed by atoms with van der Waals surface area (Å²) >= 11 is 1.53. The average molecular weight is 232 g/mol. The average Bonchev–Trinajstić information content (AvgIpc) is 2.28. The molecule has 0 aliphatic rings. The first-order valence-electron chi connectivity index (χ1n) is 5.18. The van der Waals surface area contributed by atoms with E-state index >= 15 is 0 Å². The van der Waals surface area contributed by atoms with Gasteiger partial charge in [-0.3, -0.25) is 0 Å². The van der Waals surface area contributed by atoms with Crippen molar-refractivity contribution in [2.75, 3.05) is 0 Å². The second-order valence-electron chi connectivity index (χ2n) is 3.71. The summed E-state index contributed by atoms with van der Waals surface area (Å²) in [6, 6.07) is 15.2. The molecule has 0 radical (unpaired) electrons. The molecule has 2 rings (SSSR count). The van der Waals surface area contributed by atoms with Gasteiger partial charge in [0.2, 0.25) is 0 Å². The molecule has 0 N–H and O–H groups in total. The van der Waals surface area contributed by atoms with Crippen molar-refractivity contribution in [3.05, 3.63) is 65.5 Å². The lowest BCUT2D eigenvalue weighted by Gasteiger charge is -2.03. The maximum absolute atomic E-state index is 13.4. The SMILES string of the molecule is Cc1cccc(CSc2ccccc2F)c1. The number of hydrogen-bond donors (Lipinski definition) is 0. The van der Waals surface area contributed by atoms with Crippen LogP contribution in [-0.2, 0) is 5.75 Å². The number of halogens is 1. The molecule has 2 aromatic rings. The Kier molecular flexibility index (Phi) is 3.62. The standard InChI is InChI=1S/C14H13FS/c1-11-5-4-6-12(9-11)10-16-14-8-3-2-7-13(14)15/h2-9H,10H2,1H3. The van der Waals surface area contributed by atoms with Crippen molar-refractivity contribution >= 4 is 11.8 Å². The molecule has 0 aliphatic carbocycles. The molecule has 2 aromatic carbocycles. The second-order valence-corrected chi connectivity index (χ2v) is 4.73. The van der Waals surface area contributed by atoms with Crippen LogP contribution in [0.3, 0.4) is 0 Å². The van der Waals surface area contributed by atoms with Crippen molar-refractivity contribution in [1.29, 1.82) is 0 Å². The third kappa shape index (κ3) is 2.86. The molecule has 0 nitrogen and oxygen atoms in total. The van der Waals surface area contributed by atoms with Gasteiger partial charge in [0, 0.05) is 10.6 Å². The number of aryl methyl sites for hydroxylation is 1. The summed E-state index contributed by atoms with van der Waals surface area (Å²) in [6.07, 6.45) is 0. The Bertz CT molecular complexity index is 480. The highest BCUT2D eigenvalue weighted by atomic mass is 32.2. The molecule has 0 aromatic heterocycles. The lowest BCUT2D eigenvalue weighted by atomic mass is 10.2. The predicted molar refractivity (Wildman–Crippen MR) is 67.1 cm³/mol. The summed E-state index contributed by atoms with van der Waals surface area (Å²) in [7, 11) is 0. The van der Waals surface area contributed by atoms with Crippen LogP contribution in [-0.4, -0.2) is 0 Å². The van der Waals surface area contributed by atoms with Crippen LogP contribution in [0.2, 0.25) is 0 Å². The van der Waals surface area contributed by atoms with E-state index < -0.39 is 0 Å². The Balaban J connectivity index is 2.05. The zero-order valence-electron chi connectivity index (χ0n) is 9.11. The highest BCUT2D eigenvalue weighted by Gasteiger charge is 2.01. The van der Waals surface area contributed by atoms with Crippen LogP contribution in [0, 0.1) is 12.7 Å². The van der Waals surface area contributed by atoms with Crippen LogP contribution >= 0.6 is 11.8 Å². The molecule has 82 valence electrons. The summed E-state index contributed by atoms with van der Waals surface area (Å²) in [6.45, 7) is 2.07. The molecule has 0 amide bonds. The topological polar surface area (TPSA) is 0 Å². The van der Waals surface area contributed by atoms with E-state index in [1.807, 2.05) is 18.2 Å². The summed E-state index contributed by atoms with van der Waals surface area (Å²) in [5.41, 5.74) is 2.47. The van der Waals surface area contributed by atoms with Gasteiger partial charge in [-0.2, -0.15) is 0 Å².